The summed E-state index contributed by atoms with van der Waals surface area (Å²) in [6.45, 7) is 0.0548. The normalized spacial score (nSPS) is 20.4. The summed E-state index contributed by atoms with van der Waals surface area (Å²) in [5.41, 5.74) is 0.414. The molecule has 4 rings (SSSR count). The number of anilines is 1. The molecule has 2 N–H and O–H groups in total. The van der Waals surface area contributed by atoms with Gasteiger partial charge < -0.3 is 9.73 Å². The summed E-state index contributed by atoms with van der Waals surface area (Å²) < 4.78 is 32.3. The number of hydrogen-bond acceptors (Lipinski definition) is 6. The van der Waals surface area contributed by atoms with Crippen LogP contribution in [0.2, 0.25) is 0 Å². The first kappa shape index (κ1) is 22.0. The molecule has 0 saturated carbocycles. The van der Waals surface area contributed by atoms with E-state index in [1.807, 2.05) is 12.2 Å². The predicted molar refractivity (Wildman–Crippen MR) is 114 cm³/mol. The topological polar surface area (TPSA) is 126 Å². The minimum absolute atomic E-state index is 0.0273. The van der Waals surface area contributed by atoms with E-state index >= 15 is 0 Å². The maximum atomic E-state index is 12.5. The Labute approximate surface area is 185 Å². The number of benzene rings is 1. The third kappa shape index (κ3) is 4.66. The smallest absolute Gasteiger partial charge is 0.240 e. The molecule has 2 atom stereocenters. The molecule has 1 aliphatic heterocycles. The highest BCUT2D eigenvalue weighted by Gasteiger charge is 2.46. The molecule has 0 bridgehead atoms. The molecule has 1 aromatic heterocycles. The third-order valence-corrected chi connectivity index (χ3v) is 7.04. The Bertz CT molecular complexity index is 1110. The van der Waals surface area contributed by atoms with Crippen LogP contribution in [0.15, 0.2) is 64.1 Å². The quantitative estimate of drug-likeness (QED) is 0.462. The Morgan fingerprint density at radius 1 is 1.03 bits per heavy atom. The van der Waals surface area contributed by atoms with Gasteiger partial charge in [-0.25, -0.2) is 13.1 Å². The van der Waals surface area contributed by atoms with Gasteiger partial charge in [-0.3, -0.25) is 19.3 Å². The Hall–Kier alpha value is -3.24. The fourth-order valence-corrected chi connectivity index (χ4v) is 4.90. The standard InChI is InChI=1S/C22H23N3O6S/c26-20(11-12-25-21(27)18-5-1-2-6-19(18)22(25)28)24-15-7-9-17(10-8-15)32(29,30)23-14-16-4-3-13-31-16/h1-4,7-10,13,18-19,23H,5-6,11-12,14H2,(H,24,26)/t18-,19-/m1/s1. The molecule has 1 saturated heterocycles. The van der Waals surface area contributed by atoms with Crippen LogP contribution < -0.4 is 10.0 Å². The van der Waals surface area contributed by atoms with Gasteiger partial charge in [-0.15, -0.1) is 0 Å². The number of fused-ring (bicyclic) bond motifs is 1. The molecule has 9 nitrogen and oxygen atoms in total. The van der Waals surface area contributed by atoms with Crippen molar-refractivity contribution in [2.45, 2.75) is 30.7 Å². The number of allylic oxidation sites excluding steroid dienone is 2. The second kappa shape index (κ2) is 9.09. The lowest BCUT2D eigenvalue weighted by Gasteiger charge is -2.14. The first-order valence-electron chi connectivity index (χ1n) is 10.3. The number of nitrogens with one attached hydrogen (secondary N) is 2. The predicted octanol–water partition coefficient (Wildman–Crippen LogP) is 2.04. The van der Waals surface area contributed by atoms with Crippen LogP contribution in [0.5, 0.6) is 0 Å². The summed E-state index contributed by atoms with van der Waals surface area (Å²) >= 11 is 0. The van der Waals surface area contributed by atoms with Crippen molar-refractivity contribution < 1.29 is 27.2 Å². The third-order valence-electron chi connectivity index (χ3n) is 5.63. The van der Waals surface area contributed by atoms with E-state index in [9.17, 15) is 22.8 Å². The SMILES string of the molecule is O=C(CCN1C(=O)[C@@H]2CC=CC[C@H]2C1=O)Nc1ccc(S(=O)(=O)NCc2ccco2)cc1. The molecule has 1 fully saturated rings. The van der Waals surface area contributed by atoms with E-state index in [4.69, 9.17) is 4.42 Å². The highest BCUT2D eigenvalue weighted by molar-refractivity contribution is 7.89. The summed E-state index contributed by atoms with van der Waals surface area (Å²) in [4.78, 5) is 38.4. The zero-order chi connectivity index (χ0) is 22.7. The minimum Gasteiger partial charge on any atom is -0.468 e. The average Bonchev–Trinajstić information content (AvgIpc) is 3.39. The molecule has 32 heavy (non-hydrogen) atoms. The van der Waals surface area contributed by atoms with Crippen molar-refractivity contribution in [1.82, 2.24) is 9.62 Å². The van der Waals surface area contributed by atoms with E-state index in [-0.39, 0.29) is 54.0 Å². The number of carbonyl (C=O) groups excluding carboxylic acids is 3. The zero-order valence-electron chi connectivity index (χ0n) is 17.2. The van der Waals surface area contributed by atoms with Crippen molar-refractivity contribution in [2.24, 2.45) is 11.8 Å². The largest absolute Gasteiger partial charge is 0.468 e. The van der Waals surface area contributed by atoms with Gasteiger partial charge in [0, 0.05) is 18.7 Å². The molecule has 1 aromatic carbocycles. The van der Waals surface area contributed by atoms with Gasteiger partial charge in [-0.2, -0.15) is 0 Å². The first-order valence-corrected chi connectivity index (χ1v) is 11.8. The van der Waals surface area contributed by atoms with Crippen LogP contribution in [0, 0.1) is 11.8 Å². The summed E-state index contributed by atoms with van der Waals surface area (Å²) in [7, 11) is -3.74. The molecule has 0 radical (unpaired) electrons. The molecule has 2 aromatic rings. The van der Waals surface area contributed by atoms with Crippen LogP contribution in [0.4, 0.5) is 5.69 Å². The van der Waals surface area contributed by atoms with E-state index in [0.717, 1.165) is 0 Å². The highest BCUT2D eigenvalue weighted by atomic mass is 32.2. The van der Waals surface area contributed by atoms with E-state index < -0.39 is 10.0 Å². The van der Waals surface area contributed by atoms with Crippen LogP contribution in [0.3, 0.4) is 0 Å². The summed E-state index contributed by atoms with van der Waals surface area (Å²) in [6.07, 6.45) is 6.38. The van der Waals surface area contributed by atoms with E-state index in [0.29, 0.717) is 24.3 Å². The summed E-state index contributed by atoms with van der Waals surface area (Å²) in [5.74, 6) is -0.937. The van der Waals surface area contributed by atoms with Crippen molar-refractivity contribution in [1.29, 1.82) is 0 Å². The van der Waals surface area contributed by atoms with Crippen molar-refractivity contribution >= 4 is 33.4 Å². The van der Waals surface area contributed by atoms with Crippen molar-refractivity contribution in [2.75, 3.05) is 11.9 Å². The lowest BCUT2D eigenvalue weighted by Crippen LogP contribution is -2.34. The Morgan fingerprint density at radius 3 is 2.28 bits per heavy atom. The number of nitrogens with zero attached hydrogens (tertiary/aromatic N) is 1. The van der Waals surface area contributed by atoms with E-state index in [1.54, 1.807) is 12.1 Å². The number of amides is 3. The molecule has 0 spiro atoms. The van der Waals surface area contributed by atoms with Crippen LogP contribution in [-0.4, -0.2) is 37.6 Å². The maximum Gasteiger partial charge on any atom is 0.240 e. The highest BCUT2D eigenvalue weighted by Crippen LogP contribution is 2.35. The van der Waals surface area contributed by atoms with E-state index in [1.165, 1.54) is 35.4 Å². The van der Waals surface area contributed by atoms with E-state index in [2.05, 4.69) is 10.0 Å². The molecular weight excluding hydrogens is 434 g/mol. The number of sulfonamides is 1. The van der Waals surface area contributed by atoms with Gasteiger partial charge in [0.15, 0.2) is 0 Å². The number of furan rings is 1. The molecule has 168 valence electrons. The average molecular weight is 458 g/mol. The lowest BCUT2D eigenvalue weighted by atomic mass is 9.85. The molecular formula is C22H23N3O6S. The number of hydrogen-bond donors (Lipinski definition) is 2. The molecule has 3 amide bonds. The lowest BCUT2D eigenvalue weighted by molar-refractivity contribution is -0.140. The van der Waals surface area contributed by atoms with Gasteiger partial charge in [0.25, 0.3) is 0 Å². The van der Waals surface area contributed by atoms with Gasteiger partial charge in [-0.05, 0) is 49.2 Å². The van der Waals surface area contributed by atoms with Crippen LogP contribution in [-0.2, 0) is 31.0 Å². The van der Waals surface area contributed by atoms with Crippen molar-refractivity contribution in [3.8, 4) is 0 Å². The van der Waals surface area contributed by atoms with Crippen LogP contribution >= 0.6 is 0 Å². The Balaban J connectivity index is 1.29. The fraction of sp³-hybridized carbons (Fsp3) is 0.318. The number of rotatable bonds is 8. The number of likely N-dealkylation sites (tertiary alicyclic amines) is 1. The molecule has 1 aliphatic carbocycles. The Morgan fingerprint density at radius 2 is 1.69 bits per heavy atom. The van der Waals surface area contributed by atoms with Crippen LogP contribution in [0.25, 0.3) is 0 Å². The number of imide groups is 1. The van der Waals surface area contributed by atoms with Crippen LogP contribution in [0.1, 0.15) is 25.0 Å². The maximum absolute atomic E-state index is 12.5. The summed E-state index contributed by atoms with van der Waals surface area (Å²) in [6, 6.07) is 9.05. The Kier molecular flexibility index (Phi) is 6.24. The van der Waals surface area contributed by atoms with Crippen molar-refractivity contribution in [3.63, 3.8) is 0 Å². The molecule has 10 heteroatoms. The zero-order valence-corrected chi connectivity index (χ0v) is 18.0. The van der Waals surface area contributed by atoms with Gasteiger partial charge in [0.05, 0.1) is 29.5 Å². The van der Waals surface area contributed by atoms with Crippen molar-refractivity contribution in [3.05, 3.63) is 60.6 Å². The van der Waals surface area contributed by atoms with Gasteiger partial charge >= 0.3 is 0 Å². The second-order valence-electron chi connectivity index (χ2n) is 7.71. The van der Waals surface area contributed by atoms with Gasteiger partial charge in [0.2, 0.25) is 27.7 Å². The molecule has 2 heterocycles. The monoisotopic (exact) mass is 457 g/mol. The summed E-state index contributed by atoms with van der Waals surface area (Å²) in [5, 5.41) is 2.66. The number of carbonyl (C=O) groups is 3. The van der Waals surface area contributed by atoms with Gasteiger partial charge in [0.1, 0.15) is 5.76 Å². The first-order chi connectivity index (χ1) is 15.3. The molecule has 2 aliphatic rings. The fourth-order valence-electron chi connectivity index (χ4n) is 3.91. The molecule has 0 unspecified atom stereocenters. The van der Waals surface area contributed by atoms with Gasteiger partial charge in [-0.1, -0.05) is 12.2 Å². The second-order valence-corrected chi connectivity index (χ2v) is 9.48. The minimum atomic E-state index is -3.74.